The summed E-state index contributed by atoms with van der Waals surface area (Å²) in [6.07, 6.45) is 5.48. The minimum absolute atomic E-state index is 0.118. The van der Waals surface area contributed by atoms with E-state index in [0.717, 1.165) is 51.5 Å². The molecule has 0 aliphatic heterocycles. The van der Waals surface area contributed by atoms with Gasteiger partial charge in [0.1, 0.15) is 0 Å². The molecule has 1 aromatic carbocycles. The predicted octanol–water partition coefficient (Wildman–Crippen LogP) is 3.71. The molecule has 0 spiro atoms. The van der Waals surface area contributed by atoms with E-state index in [0.29, 0.717) is 17.0 Å². The summed E-state index contributed by atoms with van der Waals surface area (Å²) in [5.74, 6) is 0.178. The number of aromatic amines is 1. The zero-order valence-electron chi connectivity index (χ0n) is 19.5. The van der Waals surface area contributed by atoms with Crippen molar-refractivity contribution in [3.63, 3.8) is 0 Å². The van der Waals surface area contributed by atoms with Crippen LogP contribution in [0.2, 0.25) is 4.20 Å². The van der Waals surface area contributed by atoms with E-state index in [1.807, 2.05) is 49.7 Å². The van der Waals surface area contributed by atoms with Gasteiger partial charge in [0.05, 0.1) is 6.20 Å². The topological polar surface area (TPSA) is 119 Å². The molecule has 35 heavy (non-hydrogen) atoms. The van der Waals surface area contributed by atoms with Gasteiger partial charge in [-0.15, -0.1) is 0 Å². The summed E-state index contributed by atoms with van der Waals surface area (Å²) < 4.78 is 7.34. The molecule has 2 radical (unpaired) electrons. The van der Waals surface area contributed by atoms with Gasteiger partial charge in [-0.2, -0.15) is 5.10 Å². The molecule has 5 aromatic rings. The van der Waals surface area contributed by atoms with Gasteiger partial charge >= 0.3 is 164 Å². The van der Waals surface area contributed by atoms with E-state index < -0.39 is 4.20 Å². The summed E-state index contributed by atoms with van der Waals surface area (Å²) in [6.45, 7) is 5.78. The molecule has 0 atom stereocenters. The maximum atomic E-state index is 13.6. The van der Waals surface area contributed by atoms with E-state index in [4.69, 9.17) is 4.42 Å². The summed E-state index contributed by atoms with van der Waals surface area (Å²) in [5.41, 5.74) is 5.11. The van der Waals surface area contributed by atoms with Gasteiger partial charge in [0.15, 0.2) is 5.65 Å². The van der Waals surface area contributed by atoms with Crippen molar-refractivity contribution in [2.24, 2.45) is 0 Å². The van der Waals surface area contributed by atoms with Crippen molar-refractivity contribution in [3.8, 4) is 11.1 Å². The third kappa shape index (κ3) is 3.65. The Morgan fingerprint density at radius 3 is 2.86 bits per heavy atom. The number of carbonyl (C=O) groups is 1. The first-order valence-electron chi connectivity index (χ1n) is 11.5. The average molecular weight is 530 g/mol. The van der Waals surface area contributed by atoms with Crippen LogP contribution in [0.5, 0.6) is 0 Å². The number of fused-ring (bicyclic) bond motifs is 4. The molecule has 0 saturated heterocycles. The molecular weight excluding hydrogens is 507 g/mol. The summed E-state index contributed by atoms with van der Waals surface area (Å²) >= 11 is 2.34. The number of hydrogen-bond acceptors (Lipinski definition) is 6. The Bertz CT molecular complexity index is 1700. The number of pyridine rings is 2. The number of carbonyl (C=O) groups excluding carboxylic acids is 1. The van der Waals surface area contributed by atoms with Crippen LogP contribution in [-0.2, 0) is 11.3 Å². The molecule has 9 nitrogen and oxygen atoms in total. The molecule has 4 aromatic heterocycles. The van der Waals surface area contributed by atoms with E-state index in [9.17, 15) is 9.59 Å². The van der Waals surface area contributed by atoms with Crippen molar-refractivity contribution in [2.45, 2.75) is 50.4 Å². The zero-order chi connectivity index (χ0) is 24.5. The Hall–Kier alpha value is -3.45. The van der Waals surface area contributed by atoms with Crippen molar-refractivity contribution in [1.82, 2.24) is 30.0 Å². The molecule has 1 aliphatic rings. The van der Waals surface area contributed by atoms with Crippen molar-refractivity contribution < 1.29 is 9.21 Å². The number of aromatic nitrogens is 5. The fourth-order valence-electron chi connectivity index (χ4n) is 4.53. The van der Waals surface area contributed by atoms with E-state index in [2.05, 4.69) is 42.3 Å². The number of aryl methyl sites for hydroxylation is 1. The van der Waals surface area contributed by atoms with Gasteiger partial charge in [0, 0.05) is 11.6 Å². The van der Waals surface area contributed by atoms with Gasteiger partial charge in [0.2, 0.25) is 0 Å². The molecule has 176 valence electrons. The Morgan fingerprint density at radius 1 is 1.31 bits per heavy atom. The Morgan fingerprint density at radius 2 is 2.11 bits per heavy atom. The summed E-state index contributed by atoms with van der Waals surface area (Å²) in [4.78, 5) is 34.9. The van der Waals surface area contributed by atoms with Crippen LogP contribution in [0.4, 0.5) is 0 Å². The molecular formula is C25H23AsN6O3. The van der Waals surface area contributed by atoms with E-state index in [-0.39, 0.29) is 24.1 Å². The van der Waals surface area contributed by atoms with E-state index in [1.165, 1.54) is 0 Å². The average Bonchev–Trinajstić information content (AvgIpc) is 3.37. The van der Waals surface area contributed by atoms with E-state index >= 15 is 0 Å². The molecule has 1 amide bonds. The number of benzene rings is 1. The molecule has 2 N–H and O–H groups in total. The second kappa shape index (κ2) is 7.78. The number of amides is 1. The van der Waals surface area contributed by atoms with Gasteiger partial charge in [-0.05, 0) is 6.07 Å². The number of nitrogens with one attached hydrogen (secondary N) is 2. The molecule has 6 rings (SSSR count). The molecule has 4 heterocycles. The fourth-order valence-corrected chi connectivity index (χ4v) is 4.69. The maximum absolute atomic E-state index is 13.6. The van der Waals surface area contributed by atoms with E-state index in [1.54, 1.807) is 6.20 Å². The SMILES string of the molecule is Cc1c(-c2cnc3[nH]ncc3c2)ccc2c3oc(CNC(=O)C(C)(C)[As])nc3c(=O)n(C3CC3)c12. The third-order valence-electron chi connectivity index (χ3n) is 6.48. The molecule has 10 heteroatoms. The van der Waals surface area contributed by atoms with Gasteiger partial charge < -0.3 is 0 Å². The molecule has 1 aliphatic carbocycles. The first kappa shape index (κ1) is 22.0. The molecule has 0 unspecified atom stereocenters. The van der Waals surface area contributed by atoms with Gasteiger partial charge in [-0.1, -0.05) is 0 Å². The van der Waals surface area contributed by atoms with Crippen LogP contribution in [0.25, 0.3) is 44.2 Å². The summed E-state index contributed by atoms with van der Waals surface area (Å²) in [7, 11) is 0. The number of rotatable bonds is 5. The fraction of sp³-hybridized carbons (Fsp3) is 0.320. The Balaban J connectivity index is 1.52. The molecule has 1 fully saturated rings. The Kier molecular flexibility index (Phi) is 4.90. The first-order chi connectivity index (χ1) is 16.7. The second-order valence-corrected chi connectivity index (χ2v) is 11.9. The Labute approximate surface area is 208 Å². The van der Waals surface area contributed by atoms with Crippen LogP contribution < -0.4 is 10.9 Å². The monoisotopic (exact) mass is 530 g/mol. The number of hydrogen-bond donors (Lipinski definition) is 2. The van der Waals surface area contributed by atoms with Gasteiger partial charge in [-0.3, -0.25) is 5.10 Å². The van der Waals surface area contributed by atoms with Gasteiger partial charge in [-0.25, -0.2) is 4.98 Å². The number of oxazole rings is 1. The van der Waals surface area contributed by atoms with Gasteiger partial charge in [0.25, 0.3) is 0 Å². The van der Waals surface area contributed by atoms with Crippen LogP contribution in [0, 0.1) is 6.92 Å². The number of nitrogens with zero attached hydrogens (tertiary/aromatic N) is 4. The van der Waals surface area contributed by atoms with Crippen molar-refractivity contribution in [3.05, 3.63) is 52.4 Å². The number of H-pyrrole nitrogens is 1. The van der Waals surface area contributed by atoms with Crippen LogP contribution in [0.3, 0.4) is 0 Å². The third-order valence-corrected chi connectivity index (χ3v) is 6.91. The van der Waals surface area contributed by atoms with Crippen molar-refractivity contribution >= 4 is 55.8 Å². The standard InChI is InChI=1S/C25H23AsN6O3/c1-12-16(13-8-14-10-29-31-22(14)27-9-13)6-7-17-20(12)32(15-4-5-15)23(33)19-21(17)35-18(30-19)11-28-24(34)25(2,3)26/h6-10,15H,4-5,11H2,1-3H3,(H,28,34)(H,27,29,31). The van der Waals surface area contributed by atoms with Crippen LogP contribution in [0.15, 0.2) is 39.8 Å². The van der Waals surface area contributed by atoms with Crippen molar-refractivity contribution in [2.75, 3.05) is 0 Å². The zero-order valence-corrected chi connectivity index (χ0v) is 21.4. The summed E-state index contributed by atoms with van der Waals surface area (Å²) in [6, 6.07) is 6.21. The first-order valence-corrected chi connectivity index (χ1v) is 12.4. The molecule has 0 bridgehead atoms. The van der Waals surface area contributed by atoms with Crippen LogP contribution in [-0.4, -0.2) is 47.5 Å². The second-order valence-electron chi connectivity index (χ2n) is 9.60. The normalized spacial score (nSPS) is 14.3. The van der Waals surface area contributed by atoms with Crippen molar-refractivity contribution in [1.29, 1.82) is 0 Å². The summed E-state index contributed by atoms with van der Waals surface area (Å²) in [5, 5.41) is 11.5. The minimum atomic E-state index is -0.591. The quantitative estimate of drug-likeness (QED) is 0.335. The predicted molar refractivity (Wildman–Crippen MR) is 133 cm³/mol. The van der Waals surface area contributed by atoms with Crippen LogP contribution >= 0.6 is 0 Å². The molecule has 1 saturated carbocycles. The van der Waals surface area contributed by atoms with Crippen LogP contribution in [0.1, 0.15) is 44.2 Å².